The molecule has 1 unspecified atom stereocenters. The van der Waals surface area contributed by atoms with Crippen LogP contribution in [-0.2, 0) is 6.54 Å². The van der Waals surface area contributed by atoms with Crippen LogP contribution in [0.2, 0.25) is 0 Å². The first-order chi connectivity index (χ1) is 9.90. The van der Waals surface area contributed by atoms with Gasteiger partial charge in [-0.1, -0.05) is 24.3 Å². The van der Waals surface area contributed by atoms with Gasteiger partial charge in [0.15, 0.2) is 0 Å². The maximum Gasteiger partial charge on any atom is 0.0705 e. The number of benzene rings is 1. The smallest absolute Gasteiger partial charge is 0.0705 e. The third kappa shape index (κ3) is 2.43. The van der Waals surface area contributed by atoms with Crippen LogP contribution in [-0.4, -0.2) is 35.6 Å². The highest BCUT2D eigenvalue weighted by Gasteiger charge is 2.36. The van der Waals surface area contributed by atoms with E-state index in [4.69, 9.17) is 4.98 Å². The number of nitrogens with zero attached hydrogens (tertiary/aromatic N) is 2. The second kappa shape index (κ2) is 5.15. The summed E-state index contributed by atoms with van der Waals surface area (Å²) in [4.78, 5) is 7.45. The standard InChI is InChI=1S/C17H21N3/c1-2-4-16-13(3-1)7-8-15(19-16)12-20-10-9-18-11-17(20)14-5-6-14/h1-4,7-8,14,17-18H,5-6,9-12H2. The number of aromatic nitrogens is 1. The summed E-state index contributed by atoms with van der Waals surface area (Å²) in [7, 11) is 0. The van der Waals surface area contributed by atoms with Crippen molar-refractivity contribution in [1.82, 2.24) is 15.2 Å². The van der Waals surface area contributed by atoms with Crippen molar-refractivity contribution in [3.63, 3.8) is 0 Å². The molecule has 1 saturated carbocycles. The molecule has 1 N–H and O–H groups in total. The fourth-order valence-electron chi connectivity index (χ4n) is 3.31. The Bertz CT molecular complexity index is 606. The molecule has 0 radical (unpaired) electrons. The van der Waals surface area contributed by atoms with Crippen LogP contribution in [0.15, 0.2) is 36.4 Å². The van der Waals surface area contributed by atoms with Crippen molar-refractivity contribution in [1.29, 1.82) is 0 Å². The molecule has 1 aliphatic carbocycles. The Hall–Kier alpha value is -1.45. The first kappa shape index (κ1) is 12.3. The topological polar surface area (TPSA) is 28.2 Å². The van der Waals surface area contributed by atoms with E-state index in [-0.39, 0.29) is 0 Å². The Morgan fingerprint density at radius 3 is 2.95 bits per heavy atom. The van der Waals surface area contributed by atoms with E-state index in [2.05, 4.69) is 46.6 Å². The third-order valence-electron chi connectivity index (χ3n) is 4.59. The second-order valence-corrected chi connectivity index (χ2v) is 6.07. The van der Waals surface area contributed by atoms with Gasteiger partial charge in [-0.2, -0.15) is 0 Å². The molecule has 2 fully saturated rings. The number of hydrogen-bond acceptors (Lipinski definition) is 3. The lowest BCUT2D eigenvalue weighted by Gasteiger charge is -2.36. The van der Waals surface area contributed by atoms with Crippen molar-refractivity contribution in [2.24, 2.45) is 5.92 Å². The summed E-state index contributed by atoms with van der Waals surface area (Å²) in [5.41, 5.74) is 2.32. The molecule has 2 aliphatic rings. The Morgan fingerprint density at radius 2 is 2.05 bits per heavy atom. The molecule has 3 heteroatoms. The van der Waals surface area contributed by atoms with Crippen molar-refractivity contribution >= 4 is 10.9 Å². The predicted octanol–water partition coefficient (Wildman–Crippen LogP) is 2.42. The third-order valence-corrected chi connectivity index (χ3v) is 4.59. The first-order valence-corrected chi connectivity index (χ1v) is 7.69. The number of nitrogens with one attached hydrogen (secondary N) is 1. The molecule has 1 saturated heterocycles. The number of piperazine rings is 1. The number of para-hydroxylation sites is 1. The summed E-state index contributed by atoms with van der Waals surface area (Å²) < 4.78 is 0. The van der Waals surface area contributed by atoms with Crippen LogP contribution in [0.3, 0.4) is 0 Å². The normalized spacial score (nSPS) is 24.1. The summed E-state index contributed by atoms with van der Waals surface area (Å²) in [5, 5.41) is 4.77. The second-order valence-electron chi connectivity index (χ2n) is 6.07. The van der Waals surface area contributed by atoms with Crippen LogP contribution in [0, 0.1) is 5.92 Å². The molecule has 2 aromatic rings. The van der Waals surface area contributed by atoms with Gasteiger partial charge in [0.2, 0.25) is 0 Å². The van der Waals surface area contributed by atoms with E-state index in [0.29, 0.717) is 0 Å². The van der Waals surface area contributed by atoms with Crippen molar-refractivity contribution < 1.29 is 0 Å². The SMILES string of the molecule is c1ccc2nc(CN3CCNCC3C3CC3)ccc2c1. The molecule has 0 amide bonds. The minimum Gasteiger partial charge on any atom is -0.314 e. The van der Waals surface area contributed by atoms with Crippen molar-refractivity contribution in [2.75, 3.05) is 19.6 Å². The Labute approximate surface area is 120 Å². The predicted molar refractivity (Wildman–Crippen MR) is 81.5 cm³/mol. The zero-order valence-corrected chi connectivity index (χ0v) is 11.8. The van der Waals surface area contributed by atoms with Crippen LogP contribution in [0.5, 0.6) is 0 Å². The van der Waals surface area contributed by atoms with Crippen molar-refractivity contribution in [2.45, 2.75) is 25.4 Å². The van der Waals surface area contributed by atoms with Gasteiger partial charge in [0.05, 0.1) is 11.2 Å². The summed E-state index contributed by atoms with van der Waals surface area (Å²) in [6.45, 7) is 4.40. The molecule has 1 aliphatic heterocycles. The van der Waals surface area contributed by atoms with Gasteiger partial charge < -0.3 is 5.32 Å². The summed E-state index contributed by atoms with van der Waals surface area (Å²) in [6, 6.07) is 13.5. The molecule has 104 valence electrons. The van der Waals surface area contributed by atoms with Crippen LogP contribution in [0.25, 0.3) is 10.9 Å². The lowest BCUT2D eigenvalue weighted by atomic mass is 10.1. The van der Waals surface area contributed by atoms with E-state index >= 15 is 0 Å². The monoisotopic (exact) mass is 267 g/mol. The Kier molecular flexibility index (Phi) is 3.17. The van der Waals surface area contributed by atoms with Crippen LogP contribution < -0.4 is 5.32 Å². The molecule has 20 heavy (non-hydrogen) atoms. The number of pyridine rings is 1. The quantitative estimate of drug-likeness (QED) is 0.925. The summed E-state index contributed by atoms with van der Waals surface area (Å²) in [5.74, 6) is 0.920. The van der Waals surface area contributed by atoms with Gasteiger partial charge in [0.1, 0.15) is 0 Å². The highest BCUT2D eigenvalue weighted by molar-refractivity contribution is 5.78. The van der Waals surface area contributed by atoms with Gasteiger partial charge in [-0.3, -0.25) is 9.88 Å². The van der Waals surface area contributed by atoms with Gasteiger partial charge in [0, 0.05) is 37.6 Å². The summed E-state index contributed by atoms with van der Waals surface area (Å²) in [6.07, 6.45) is 2.82. The van der Waals surface area contributed by atoms with Gasteiger partial charge >= 0.3 is 0 Å². The van der Waals surface area contributed by atoms with Gasteiger partial charge in [-0.05, 0) is 30.9 Å². The molecule has 0 bridgehead atoms. The molecular weight excluding hydrogens is 246 g/mol. The molecule has 2 heterocycles. The number of hydrogen-bond donors (Lipinski definition) is 1. The minimum absolute atomic E-state index is 0.719. The van der Waals surface area contributed by atoms with Crippen molar-refractivity contribution in [3.05, 3.63) is 42.1 Å². The number of rotatable bonds is 3. The first-order valence-electron chi connectivity index (χ1n) is 7.69. The zero-order valence-electron chi connectivity index (χ0n) is 11.8. The fourth-order valence-corrected chi connectivity index (χ4v) is 3.31. The Morgan fingerprint density at radius 1 is 1.15 bits per heavy atom. The van der Waals surface area contributed by atoms with E-state index in [1.165, 1.54) is 23.9 Å². The Balaban J connectivity index is 1.56. The highest BCUT2D eigenvalue weighted by atomic mass is 15.2. The average molecular weight is 267 g/mol. The molecule has 0 spiro atoms. The summed E-state index contributed by atoms with van der Waals surface area (Å²) >= 11 is 0. The van der Waals surface area contributed by atoms with Gasteiger partial charge in [-0.25, -0.2) is 0 Å². The molecular formula is C17H21N3. The van der Waals surface area contributed by atoms with E-state index < -0.39 is 0 Å². The van der Waals surface area contributed by atoms with E-state index in [9.17, 15) is 0 Å². The largest absolute Gasteiger partial charge is 0.314 e. The average Bonchev–Trinajstić information content (AvgIpc) is 3.32. The maximum absolute atomic E-state index is 4.82. The van der Waals surface area contributed by atoms with Crippen LogP contribution in [0.4, 0.5) is 0 Å². The molecule has 3 nitrogen and oxygen atoms in total. The van der Waals surface area contributed by atoms with Crippen molar-refractivity contribution in [3.8, 4) is 0 Å². The zero-order chi connectivity index (χ0) is 13.4. The highest BCUT2D eigenvalue weighted by Crippen LogP contribution is 2.36. The minimum atomic E-state index is 0.719. The van der Waals surface area contributed by atoms with Crippen LogP contribution >= 0.6 is 0 Å². The molecule has 4 rings (SSSR count). The van der Waals surface area contributed by atoms with Gasteiger partial charge in [0.25, 0.3) is 0 Å². The molecule has 1 atom stereocenters. The van der Waals surface area contributed by atoms with E-state index in [1.54, 1.807) is 0 Å². The lowest BCUT2D eigenvalue weighted by Crippen LogP contribution is -2.51. The van der Waals surface area contributed by atoms with E-state index in [0.717, 1.165) is 43.7 Å². The van der Waals surface area contributed by atoms with Gasteiger partial charge in [-0.15, -0.1) is 0 Å². The van der Waals surface area contributed by atoms with Crippen LogP contribution in [0.1, 0.15) is 18.5 Å². The maximum atomic E-state index is 4.82. The molecule has 1 aromatic carbocycles. The molecule has 1 aromatic heterocycles. The van der Waals surface area contributed by atoms with E-state index in [1.807, 2.05) is 0 Å². The number of fused-ring (bicyclic) bond motifs is 1. The lowest BCUT2D eigenvalue weighted by molar-refractivity contribution is 0.134. The fraction of sp³-hybridized carbons (Fsp3) is 0.471.